The van der Waals surface area contributed by atoms with Crippen molar-refractivity contribution >= 4 is 5.91 Å². The van der Waals surface area contributed by atoms with Crippen LogP contribution in [0, 0.1) is 11.8 Å². The molecule has 2 heterocycles. The van der Waals surface area contributed by atoms with Crippen LogP contribution in [0.1, 0.15) is 12.5 Å². The predicted molar refractivity (Wildman–Crippen MR) is 88.9 cm³/mol. The van der Waals surface area contributed by atoms with Crippen LogP contribution in [0.15, 0.2) is 18.2 Å². The Hall–Kier alpha value is -1.75. The molecule has 0 aliphatic carbocycles. The minimum atomic E-state index is -0.0947. The lowest BCUT2D eigenvalue weighted by Crippen LogP contribution is -2.41. The van der Waals surface area contributed by atoms with Gasteiger partial charge in [0.2, 0.25) is 5.91 Å². The van der Waals surface area contributed by atoms with Gasteiger partial charge in [-0.1, -0.05) is 19.1 Å². The molecule has 1 aromatic carbocycles. The Morgan fingerprint density at radius 3 is 2.78 bits per heavy atom. The molecule has 0 aromatic heterocycles. The van der Waals surface area contributed by atoms with E-state index in [9.17, 15) is 4.79 Å². The summed E-state index contributed by atoms with van der Waals surface area (Å²) in [5.41, 5.74) is 1.06. The van der Waals surface area contributed by atoms with E-state index in [1.807, 2.05) is 23.1 Å². The van der Waals surface area contributed by atoms with E-state index in [4.69, 9.17) is 9.47 Å². The average Bonchev–Trinajstić information content (AvgIpc) is 2.95. The molecule has 0 spiro atoms. The number of likely N-dealkylation sites (N-methyl/N-ethyl adjacent to an activating group) is 1. The summed E-state index contributed by atoms with van der Waals surface area (Å²) in [6, 6.07) is 6.31. The molecule has 0 bridgehead atoms. The smallest absolute Gasteiger partial charge is 0.229 e. The summed E-state index contributed by atoms with van der Waals surface area (Å²) in [6.07, 6.45) is 0.725. The van der Waals surface area contributed by atoms with Gasteiger partial charge < -0.3 is 19.3 Å². The Balaban J connectivity index is 1.70. The quantitative estimate of drug-likeness (QED) is 0.850. The number of methoxy groups -OCH3 is 1. The number of amides is 1. The minimum Gasteiger partial charge on any atom is -0.493 e. The summed E-state index contributed by atoms with van der Waals surface area (Å²) in [5, 5.41) is 0. The van der Waals surface area contributed by atoms with Gasteiger partial charge in [-0.2, -0.15) is 0 Å². The normalized spacial score (nSPS) is 26.8. The zero-order valence-electron chi connectivity index (χ0n) is 14.4. The first-order chi connectivity index (χ1) is 11.0. The average molecular weight is 318 g/mol. The molecular formula is C18H26N2O3. The highest BCUT2D eigenvalue weighted by Crippen LogP contribution is 2.36. The maximum absolute atomic E-state index is 12.9. The third kappa shape index (κ3) is 3.02. The van der Waals surface area contributed by atoms with Crippen LogP contribution in [0.2, 0.25) is 0 Å². The van der Waals surface area contributed by atoms with Crippen LogP contribution in [-0.2, 0) is 11.2 Å². The second kappa shape index (κ2) is 6.40. The summed E-state index contributed by atoms with van der Waals surface area (Å²) < 4.78 is 11.2. The van der Waals surface area contributed by atoms with E-state index in [-0.39, 0.29) is 11.8 Å². The number of fused-ring (bicyclic) bond motifs is 1. The third-order valence-corrected chi connectivity index (χ3v) is 5.07. The molecule has 3 unspecified atom stereocenters. The van der Waals surface area contributed by atoms with Crippen molar-refractivity contribution in [2.75, 3.05) is 40.9 Å². The highest BCUT2D eigenvalue weighted by Gasteiger charge is 2.38. The molecule has 2 aliphatic heterocycles. The van der Waals surface area contributed by atoms with Crippen molar-refractivity contribution in [1.29, 1.82) is 0 Å². The summed E-state index contributed by atoms with van der Waals surface area (Å²) in [7, 11) is 5.81. The van der Waals surface area contributed by atoms with Gasteiger partial charge in [0.15, 0.2) is 11.5 Å². The molecule has 1 saturated heterocycles. The first-order valence-corrected chi connectivity index (χ1v) is 8.25. The highest BCUT2D eigenvalue weighted by molar-refractivity contribution is 5.80. The molecule has 23 heavy (non-hydrogen) atoms. The molecule has 1 aromatic rings. The van der Waals surface area contributed by atoms with Gasteiger partial charge in [-0.3, -0.25) is 4.79 Å². The maximum Gasteiger partial charge on any atom is 0.229 e. The number of hydrogen-bond donors (Lipinski definition) is 0. The fourth-order valence-electron chi connectivity index (χ4n) is 3.77. The van der Waals surface area contributed by atoms with Crippen molar-refractivity contribution in [2.45, 2.75) is 19.4 Å². The molecule has 1 fully saturated rings. The standard InChI is InChI=1S/C18H26N2O3/c1-12-9-20(10-15(12)19(2)3)18(21)14-8-13-6-5-7-16(22-4)17(13)23-11-14/h5-7,12,14-15H,8-11H2,1-4H3. The Morgan fingerprint density at radius 2 is 2.13 bits per heavy atom. The Bertz CT molecular complexity index is 588. The van der Waals surface area contributed by atoms with Crippen LogP contribution in [-0.4, -0.2) is 62.7 Å². The zero-order valence-corrected chi connectivity index (χ0v) is 14.4. The first-order valence-electron chi connectivity index (χ1n) is 8.25. The van der Waals surface area contributed by atoms with Gasteiger partial charge in [0.05, 0.1) is 13.0 Å². The maximum atomic E-state index is 12.9. The van der Waals surface area contributed by atoms with Crippen LogP contribution < -0.4 is 9.47 Å². The van der Waals surface area contributed by atoms with Crippen molar-refractivity contribution in [3.05, 3.63) is 23.8 Å². The molecule has 0 saturated carbocycles. The lowest BCUT2D eigenvalue weighted by Gasteiger charge is -2.29. The molecule has 126 valence electrons. The zero-order chi connectivity index (χ0) is 16.6. The van der Waals surface area contributed by atoms with Crippen LogP contribution in [0.4, 0.5) is 0 Å². The number of carbonyl (C=O) groups is 1. The molecule has 3 atom stereocenters. The molecule has 3 rings (SSSR count). The molecule has 2 aliphatic rings. The van der Waals surface area contributed by atoms with Gasteiger partial charge in [-0.25, -0.2) is 0 Å². The second-order valence-corrected chi connectivity index (χ2v) is 6.91. The summed E-state index contributed by atoms with van der Waals surface area (Å²) >= 11 is 0. The van der Waals surface area contributed by atoms with Crippen molar-refractivity contribution in [3.8, 4) is 11.5 Å². The second-order valence-electron chi connectivity index (χ2n) is 6.91. The highest BCUT2D eigenvalue weighted by atomic mass is 16.5. The van der Waals surface area contributed by atoms with E-state index >= 15 is 0 Å². The molecule has 0 N–H and O–H groups in total. The summed E-state index contributed by atoms with van der Waals surface area (Å²) in [4.78, 5) is 17.1. The van der Waals surface area contributed by atoms with E-state index in [1.165, 1.54) is 0 Å². The molecular weight excluding hydrogens is 292 g/mol. The topological polar surface area (TPSA) is 42.0 Å². The first kappa shape index (κ1) is 16.1. The van der Waals surface area contributed by atoms with Crippen molar-refractivity contribution < 1.29 is 14.3 Å². The Labute approximate surface area is 138 Å². The van der Waals surface area contributed by atoms with E-state index in [0.717, 1.165) is 36.6 Å². The van der Waals surface area contributed by atoms with E-state index in [1.54, 1.807) is 7.11 Å². The number of likely N-dealkylation sites (tertiary alicyclic amines) is 1. The van der Waals surface area contributed by atoms with Crippen molar-refractivity contribution in [2.24, 2.45) is 11.8 Å². The largest absolute Gasteiger partial charge is 0.493 e. The van der Waals surface area contributed by atoms with E-state index < -0.39 is 0 Å². The molecule has 5 heteroatoms. The lowest BCUT2D eigenvalue weighted by molar-refractivity contribution is -0.136. The van der Waals surface area contributed by atoms with Crippen molar-refractivity contribution in [3.63, 3.8) is 0 Å². The number of ether oxygens (including phenoxy) is 2. The number of rotatable bonds is 3. The third-order valence-electron chi connectivity index (χ3n) is 5.07. The van der Waals surface area contributed by atoms with Gasteiger partial charge in [0.25, 0.3) is 0 Å². The molecule has 0 radical (unpaired) electrons. The fourth-order valence-corrected chi connectivity index (χ4v) is 3.77. The van der Waals surface area contributed by atoms with Gasteiger partial charge in [-0.15, -0.1) is 0 Å². The van der Waals surface area contributed by atoms with E-state index in [0.29, 0.717) is 18.6 Å². The SMILES string of the molecule is COc1cccc2c1OCC(C(=O)N1CC(C)C(N(C)C)C1)C2. The number of carbonyl (C=O) groups excluding carboxylic acids is 1. The van der Waals surface area contributed by atoms with Gasteiger partial charge in [0, 0.05) is 19.1 Å². The lowest BCUT2D eigenvalue weighted by atomic mass is 9.95. The van der Waals surface area contributed by atoms with Gasteiger partial charge >= 0.3 is 0 Å². The fraction of sp³-hybridized carbons (Fsp3) is 0.611. The monoisotopic (exact) mass is 318 g/mol. The van der Waals surface area contributed by atoms with Crippen LogP contribution >= 0.6 is 0 Å². The Kier molecular flexibility index (Phi) is 4.48. The van der Waals surface area contributed by atoms with E-state index in [2.05, 4.69) is 25.9 Å². The van der Waals surface area contributed by atoms with Crippen LogP contribution in [0.3, 0.4) is 0 Å². The van der Waals surface area contributed by atoms with Gasteiger partial charge in [0.1, 0.15) is 6.61 Å². The number of para-hydroxylation sites is 1. The molecule has 5 nitrogen and oxygen atoms in total. The van der Waals surface area contributed by atoms with Crippen molar-refractivity contribution in [1.82, 2.24) is 9.80 Å². The van der Waals surface area contributed by atoms with Gasteiger partial charge in [-0.05, 0) is 38.1 Å². The predicted octanol–water partition coefficient (Wildman–Crippen LogP) is 1.65. The van der Waals surface area contributed by atoms with Crippen LogP contribution in [0.25, 0.3) is 0 Å². The van der Waals surface area contributed by atoms with Crippen LogP contribution in [0.5, 0.6) is 11.5 Å². The number of benzene rings is 1. The number of hydrogen-bond acceptors (Lipinski definition) is 4. The Morgan fingerprint density at radius 1 is 1.35 bits per heavy atom. The summed E-state index contributed by atoms with van der Waals surface area (Å²) in [5.74, 6) is 2.17. The number of nitrogens with zero attached hydrogens (tertiary/aromatic N) is 2. The molecule has 1 amide bonds. The summed E-state index contributed by atoms with van der Waals surface area (Å²) in [6.45, 7) is 4.30. The minimum absolute atomic E-state index is 0.0947.